The minimum absolute atomic E-state index is 0. The molecule has 0 aliphatic carbocycles. The highest BCUT2D eigenvalue weighted by atomic mass is 35.5. The number of fused-ring (bicyclic) bond motifs is 1. The van der Waals surface area contributed by atoms with Crippen LogP contribution < -0.4 is 5.73 Å². The van der Waals surface area contributed by atoms with Crippen molar-refractivity contribution >= 4 is 42.1 Å². The van der Waals surface area contributed by atoms with Gasteiger partial charge in [-0.25, -0.2) is 4.98 Å². The second kappa shape index (κ2) is 8.29. The molecule has 0 saturated carbocycles. The van der Waals surface area contributed by atoms with E-state index >= 15 is 0 Å². The van der Waals surface area contributed by atoms with Gasteiger partial charge in [-0.1, -0.05) is 6.42 Å². The molecule has 0 bridgehead atoms. The molecule has 2 saturated heterocycles. The quantitative estimate of drug-likeness (QED) is 0.880. The number of piperazine rings is 1. The second-order valence-corrected chi connectivity index (χ2v) is 6.21. The number of rotatable bonds is 2. The number of aromatic nitrogens is 1. The maximum atomic E-state index is 12.4. The minimum atomic E-state index is 0. The van der Waals surface area contributed by atoms with Gasteiger partial charge in [-0.2, -0.15) is 0 Å². The van der Waals surface area contributed by atoms with Gasteiger partial charge in [-0.05, 0) is 19.4 Å². The molecule has 1 aromatic heterocycles. The molecule has 1 amide bonds. The number of nitrogens with two attached hydrogens (primary N) is 1. The second-order valence-electron chi connectivity index (χ2n) is 5.27. The lowest BCUT2D eigenvalue weighted by atomic mass is 9.99. The molecular weight excluding hydrogens is 331 g/mol. The van der Waals surface area contributed by atoms with Crippen LogP contribution in [0.3, 0.4) is 0 Å². The summed E-state index contributed by atoms with van der Waals surface area (Å²) in [7, 11) is 0. The van der Waals surface area contributed by atoms with Crippen LogP contribution in [0.2, 0.25) is 0 Å². The lowest BCUT2D eigenvalue weighted by molar-refractivity contribution is 0.0369. The van der Waals surface area contributed by atoms with Gasteiger partial charge in [-0.15, -0.1) is 36.2 Å². The standard InChI is InChI=1S/C13H20N4OS.2ClH/c14-7-12-15-11(9-19-12)13(18)17-6-5-16-4-2-1-3-10(16)8-17;;/h9-10H,1-8,14H2;2*1H. The fraction of sp³-hybridized carbons (Fsp3) is 0.692. The maximum absolute atomic E-state index is 12.4. The number of thiazole rings is 1. The summed E-state index contributed by atoms with van der Waals surface area (Å²) in [5, 5.41) is 2.66. The van der Waals surface area contributed by atoms with Crippen LogP contribution in [-0.4, -0.2) is 52.9 Å². The molecule has 1 unspecified atom stereocenters. The summed E-state index contributed by atoms with van der Waals surface area (Å²) in [6.07, 6.45) is 3.81. The Morgan fingerprint density at radius 1 is 1.33 bits per heavy atom. The summed E-state index contributed by atoms with van der Waals surface area (Å²) in [5.74, 6) is 0.0705. The Kier molecular flexibility index (Phi) is 7.36. The Morgan fingerprint density at radius 2 is 2.14 bits per heavy atom. The predicted octanol–water partition coefficient (Wildman–Crippen LogP) is 1.76. The van der Waals surface area contributed by atoms with Crippen LogP contribution in [0.5, 0.6) is 0 Å². The monoisotopic (exact) mass is 352 g/mol. The van der Waals surface area contributed by atoms with Crippen molar-refractivity contribution in [2.75, 3.05) is 26.2 Å². The highest BCUT2D eigenvalue weighted by molar-refractivity contribution is 7.09. The Labute approximate surface area is 141 Å². The summed E-state index contributed by atoms with van der Waals surface area (Å²) in [6.45, 7) is 4.29. The molecule has 0 radical (unpaired) electrons. The highest BCUT2D eigenvalue weighted by Gasteiger charge is 2.31. The summed E-state index contributed by atoms with van der Waals surface area (Å²) in [4.78, 5) is 21.2. The largest absolute Gasteiger partial charge is 0.334 e. The van der Waals surface area contributed by atoms with Crippen LogP contribution in [0.25, 0.3) is 0 Å². The Balaban J connectivity index is 0.00000110. The van der Waals surface area contributed by atoms with Crippen LogP contribution in [0.1, 0.15) is 34.8 Å². The molecule has 2 aliphatic heterocycles. The van der Waals surface area contributed by atoms with Crippen LogP contribution in [0.15, 0.2) is 5.38 Å². The number of hydrogen-bond donors (Lipinski definition) is 1. The van der Waals surface area contributed by atoms with Gasteiger partial charge in [0, 0.05) is 37.6 Å². The first-order valence-electron chi connectivity index (χ1n) is 6.95. The van der Waals surface area contributed by atoms with E-state index in [9.17, 15) is 4.79 Å². The lowest BCUT2D eigenvalue weighted by Crippen LogP contribution is -2.56. The number of carbonyl (C=O) groups excluding carboxylic acids is 1. The van der Waals surface area contributed by atoms with Crippen molar-refractivity contribution in [1.82, 2.24) is 14.8 Å². The first-order valence-corrected chi connectivity index (χ1v) is 7.83. The average Bonchev–Trinajstić information content (AvgIpc) is 2.95. The minimum Gasteiger partial charge on any atom is -0.334 e. The third-order valence-electron chi connectivity index (χ3n) is 4.07. The van der Waals surface area contributed by atoms with Crippen molar-refractivity contribution in [3.05, 3.63) is 16.1 Å². The van der Waals surface area contributed by atoms with Gasteiger partial charge >= 0.3 is 0 Å². The number of nitrogens with zero attached hydrogens (tertiary/aromatic N) is 3. The van der Waals surface area contributed by atoms with E-state index in [0.717, 1.165) is 24.6 Å². The van der Waals surface area contributed by atoms with Crippen molar-refractivity contribution in [1.29, 1.82) is 0 Å². The molecule has 2 aliphatic rings. The number of amides is 1. The van der Waals surface area contributed by atoms with Crippen LogP contribution in [0.4, 0.5) is 0 Å². The number of carbonyl (C=O) groups is 1. The van der Waals surface area contributed by atoms with Crippen molar-refractivity contribution in [2.45, 2.75) is 31.8 Å². The lowest BCUT2D eigenvalue weighted by Gasteiger charge is -2.43. The molecule has 1 aromatic rings. The van der Waals surface area contributed by atoms with Gasteiger partial charge in [0.05, 0.1) is 0 Å². The van der Waals surface area contributed by atoms with E-state index in [4.69, 9.17) is 5.73 Å². The highest BCUT2D eigenvalue weighted by Crippen LogP contribution is 2.22. The molecule has 0 spiro atoms. The number of piperidine rings is 1. The van der Waals surface area contributed by atoms with Gasteiger partial charge in [0.1, 0.15) is 10.7 Å². The number of halogens is 2. The topological polar surface area (TPSA) is 62.5 Å². The first-order chi connectivity index (χ1) is 9.28. The molecule has 8 heteroatoms. The maximum Gasteiger partial charge on any atom is 0.273 e. The van der Waals surface area contributed by atoms with Gasteiger partial charge in [0.2, 0.25) is 0 Å². The summed E-state index contributed by atoms with van der Waals surface area (Å²) in [5.41, 5.74) is 6.11. The molecule has 21 heavy (non-hydrogen) atoms. The van der Waals surface area contributed by atoms with Crippen molar-refractivity contribution in [3.8, 4) is 0 Å². The van der Waals surface area contributed by atoms with Gasteiger partial charge < -0.3 is 10.6 Å². The van der Waals surface area contributed by atoms with Gasteiger partial charge in [-0.3, -0.25) is 9.69 Å². The SMILES string of the molecule is Cl.Cl.NCc1nc(C(=O)N2CCN3CCCCC3C2)cs1. The van der Waals surface area contributed by atoms with E-state index in [1.54, 1.807) is 0 Å². The van der Waals surface area contributed by atoms with Crippen molar-refractivity contribution in [2.24, 2.45) is 5.73 Å². The zero-order valence-electron chi connectivity index (χ0n) is 11.9. The third-order valence-corrected chi connectivity index (χ3v) is 4.94. The summed E-state index contributed by atoms with van der Waals surface area (Å²) < 4.78 is 0. The smallest absolute Gasteiger partial charge is 0.273 e. The average molecular weight is 353 g/mol. The Bertz CT molecular complexity index is 471. The molecule has 3 heterocycles. The fourth-order valence-electron chi connectivity index (χ4n) is 3.01. The molecule has 2 N–H and O–H groups in total. The number of hydrogen-bond acceptors (Lipinski definition) is 5. The van der Waals surface area contributed by atoms with E-state index < -0.39 is 0 Å². The van der Waals surface area contributed by atoms with Crippen LogP contribution in [0, 0.1) is 0 Å². The zero-order valence-corrected chi connectivity index (χ0v) is 14.3. The molecule has 0 aromatic carbocycles. The molecule has 120 valence electrons. The van der Waals surface area contributed by atoms with Crippen molar-refractivity contribution < 1.29 is 4.79 Å². The Hall–Kier alpha value is -0.400. The van der Waals surface area contributed by atoms with E-state index in [1.165, 1.54) is 37.1 Å². The molecule has 2 fully saturated rings. The summed E-state index contributed by atoms with van der Waals surface area (Å²) >= 11 is 1.47. The molecule has 3 rings (SSSR count). The van der Waals surface area contributed by atoms with E-state index in [0.29, 0.717) is 18.3 Å². The van der Waals surface area contributed by atoms with E-state index in [2.05, 4.69) is 9.88 Å². The fourth-order valence-corrected chi connectivity index (χ4v) is 3.65. The first kappa shape index (κ1) is 18.6. The summed E-state index contributed by atoms with van der Waals surface area (Å²) in [6, 6.07) is 0.555. The predicted molar refractivity (Wildman–Crippen MR) is 89.6 cm³/mol. The van der Waals surface area contributed by atoms with Crippen LogP contribution in [-0.2, 0) is 6.54 Å². The third kappa shape index (κ3) is 4.07. The van der Waals surface area contributed by atoms with E-state index in [1.807, 2.05) is 10.3 Å². The van der Waals surface area contributed by atoms with Crippen LogP contribution >= 0.6 is 36.2 Å². The van der Waals surface area contributed by atoms with Gasteiger partial charge in [0.15, 0.2) is 0 Å². The molecular formula is C13H22Cl2N4OS. The van der Waals surface area contributed by atoms with E-state index in [-0.39, 0.29) is 30.7 Å². The zero-order chi connectivity index (χ0) is 13.2. The molecule has 5 nitrogen and oxygen atoms in total. The normalized spacial score (nSPS) is 22.0. The van der Waals surface area contributed by atoms with Gasteiger partial charge in [0.25, 0.3) is 5.91 Å². The molecule has 1 atom stereocenters. The Morgan fingerprint density at radius 3 is 2.86 bits per heavy atom. The van der Waals surface area contributed by atoms with Crippen molar-refractivity contribution in [3.63, 3.8) is 0 Å².